The van der Waals surface area contributed by atoms with Crippen molar-refractivity contribution in [2.75, 3.05) is 7.11 Å². The van der Waals surface area contributed by atoms with Gasteiger partial charge in [-0.3, -0.25) is 5.10 Å². The average Bonchev–Trinajstić information content (AvgIpc) is 2.59. The van der Waals surface area contributed by atoms with Crippen LogP contribution in [0.5, 0.6) is 5.75 Å². The van der Waals surface area contributed by atoms with Crippen LogP contribution in [0.2, 0.25) is 0 Å². The molecule has 0 aliphatic heterocycles. The van der Waals surface area contributed by atoms with Gasteiger partial charge in [-0.2, -0.15) is 5.10 Å². The molecule has 0 saturated heterocycles. The molecule has 1 heterocycles. The summed E-state index contributed by atoms with van der Waals surface area (Å²) >= 11 is 3.10. The number of ether oxygens (including phenoxy) is 1. The lowest BCUT2D eigenvalue weighted by Crippen LogP contribution is -1.88. The predicted molar refractivity (Wildman–Crippen MR) is 50.3 cm³/mol. The monoisotopic (exact) mass is 244 g/mol. The van der Waals surface area contributed by atoms with E-state index in [4.69, 9.17) is 4.74 Å². The first kappa shape index (κ1) is 8.50. The van der Waals surface area contributed by atoms with Gasteiger partial charge < -0.3 is 4.74 Å². The molecule has 0 unspecified atom stereocenters. The summed E-state index contributed by atoms with van der Waals surface area (Å²) in [5.41, 5.74) is 0.382. The van der Waals surface area contributed by atoms with Gasteiger partial charge in [0.05, 0.1) is 17.8 Å². The van der Waals surface area contributed by atoms with E-state index in [9.17, 15) is 4.39 Å². The molecule has 3 nitrogen and oxygen atoms in total. The highest BCUT2D eigenvalue weighted by atomic mass is 79.9. The molecule has 13 heavy (non-hydrogen) atoms. The topological polar surface area (TPSA) is 37.9 Å². The van der Waals surface area contributed by atoms with Crippen molar-refractivity contribution in [3.63, 3.8) is 0 Å². The standard InChI is InChI=1S/C8H6BrFN2O/c1-13-5-2-4-3-11-12-8(4)7(10)6(5)9/h2-3H,1H3,(H,11,12). The van der Waals surface area contributed by atoms with Crippen LogP contribution in [0, 0.1) is 5.82 Å². The highest BCUT2D eigenvalue weighted by molar-refractivity contribution is 9.10. The Morgan fingerprint density at radius 3 is 3.08 bits per heavy atom. The van der Waals surface area contributed by atoms with Gasteiger partial charge in [0, 0.05) is 5.39 Å². The first-order valence-electron chi connectivity index (χ1n) is 3.59. The van der Waals surface area contributed by atoms with Gasteiger partial charge in [-0.05, 0) is 22.0 Å². The molecule has 1 N–H and O–H groups in total. The maximum absolute atomic E-state index is 13.5. The Morgan fingerprint density at radius 2 is 2.38 bits per heavy atom. The van der Waals surface area contributed by atoms with Crippen LogP contribution < -0.4 is 4.74 Å². The number of hydrogen-bond acceptors (Lipinski definition) is 2. The molecule has 0 aliphatic carbocycles. The number of benzene rings is 1. The number of aromatic amines is 1. The zero-order chi connectivity index (χ0) is 9.42. The number of nitrogens with zero attached hydrogens (tertiary/aromatic N) is 1. The van der Waals surface area contributed by atoms with E-state index in [1.54, 1.807) is 12.3 Å². The van der Waals surface area contributed by atoms with Gasteiger partial charge in [-0.15, -0.1) is 0 Å². The molecule has 0 radical (unpaired) electrons. The fourth-order valence-electron chi connectivity index (χ4n) is 1.15. The molecule has 1 aromatic carbocycles. The van der Waals surface area contributed by atoms with Crippen LogP contribution in [0.25, 0.3) is 10.9 Å². The van der Waals surface area contributed by atoms with Crippen LogP contribution in [0.15, 0.2) is 16.7 Å². The number of halogens is 2. The maximum atomic E-state index is 13.5. The molecule has 5 heteroatoms. The zero-order valence-corrected chi connectivity index (χ0v) is 8.35. The quantitative estimate of drug-likeness (QED) is 0.837. The molecule has 0 amide bonds. The number of fused-ring (bicyclic) bond motifs is 1. The molecule has 0 bridgehead atoms. The summed E-state index contributed by atoms with van der Waals surface area (Å²) in [5.74, 6) is 0.0817. The van der Waals surface area contributed by atoms with E-state index >= 15 is 0 Å². The zero-order valence-electron chi connectivity index (χ0n) is 6.77. The predicted octanol–water partition coefficient (Wildman–Crippen LogP) is 2.47. The summed E-state index contributed by atoms with van der Waals surface area (Å²) in [5, 5.41) is 7.00. The van der Waals surface area contributed by atoms with Gasteiger partial charge in [-0.25, -0.2) is 4.39 Å². The average molecular weight is 245 g/mol. The molecular formula is C8H6BrFN2O. The van der Waals surface area contributed by atoms with Crippen molar-refractivity contribution in [1.82, 2.24) is 10.2 Å². The minimum absolute atomic E-state index is 0.312. The summed E-state index contributed by atoms with van der Waals surface area (Å²) < 4.78 is 18.8. The van der Waals surface area contributed by atoms with Crippen molar-refractivity contribution in [1.29, 1.82) is 0 Å². The van der Waals surface area contributed by atoms with Crippen molar-refractivity contribution < 1.29 is 9.13 Å². The van der Waals surface area contributed by atoms with Crippen LogP contribution >= 0.6 is 15.9 Å². The lowest BCUT2D eigenvalue weighted by molar-refractivity contribution is 0.409. The lowest BCUT2D eigenvalue weighted by atomic mass is 10.2. The van der Waals surface area contributed by atoms with E-state index in [0.717, 1.165) is 0 Å². The highest BCUT2D eigenvalue weighted by Crippen LogP contribution is 2.32. The van der Waals surface area contributed by atoms with Crippen molar-refractivity contribution in [3.05, 3.63) is 22.6 Å². The van der Waals surface area contributed by atoms with Gasteiger partial charge in [0.15, 0.2) is 5.82 Å². The Morgan fingerprint density at radius 1 is 1.62 bits per heavy atom. The van der Waals surface area contributed by atoms with Crippen LogP contribution in [0.3, 0.4) is 0 Å². The smallest absolute Gasteiger partial charge is 0.166 e. The first-order valence-corrected chi connectivity index (χ1v) is 4.38. The SMILES string of the molecule is COc1cc2cn[nH]c2c(F)c1Br. The number of methoxy groups -OCH3 is 1. The molecular weight excluding hydrogens is 239 g/mol. The van der Waals surface area contributed by atoms with Gasteiger partial charge in [0.1, 0.15) is 11.3 Å². The Hall–Kier alpha value is -1.10. The molecule has 0 atom stereocenters. The minimum Gasteiger partial charge on any atom is -0.495 e. The Kier molecular flexibility index (Phi) is 1.95. The third-order valence-electron chi connectivity index (χ3n) is 1.80. The van der Waals surface area contributed by atoms with Crippen LogP contribution in [-0.4, -0.2) is 17.3 Å². The molecule has 68 valence electrons. The van der Waals surface area contributed by atoms with Crippen LogP contribution in [0.1, 0.15) is 0 Å². The molecule has 1 aromatic heterocycles. The van der Waals surface area contributed by atoms with Gasteiger partial charge in [0.2, 0.25) is 0 Å². The molecule has 0 aliphatic rings. The summed E-state index contributed by atoms with van der Waals surface area (Å²) in [7, 11) is 1.49. The fraction of sp³-hybridized carbons (Fsp3) is 0.125. The largest absolute Gasteiger partial charge is 0.495 e. The second kappa shape index (κ2) is 2.99. The second-order valence-corrected chi connectivity index (χ2v) is 3.33. The third kappa shape index (κ3) is 1.19. The van der Waals surface area contributed by atoms with E-state index in [-0.39, 0.29) is 5.82 Å². The van der Waals surface area contributed by atoms with Crippen LogP contribution in [0.4, 0.5) is 4.39 Å². The molecule has 2 rings (SSSR count). The third-order valence-corrected chi connectivity index (χ3v) is 2.54. The Balaban J connectivity index is 2.83. The van der Waals surface area contributed by atoms with Crippen molar-refractivity contribution >= 4 is 26.8 Å². The van der Waals surface area contributed by atoms with E-state index in [1.165, 1.54) is 7.11 Å². The van der Waals surface area contributed by atoms with E-state index in [1.807, 2.05) is 0 Å². The van der Waals surface area contributed by atoms with Gasteiger partial charge in [0.25, 0.3) is 0 Å². The Labute approximate surface area is 82.0 Å². The normalized spacial score (nSPS) is 10.7. The molecule has 0 fully saturated rings. The fourth-order valence-corrected chi connectivity index (χ4v) is 1.63. The lowest BCUT2D eigenvalue weighted by Gasteiger charge is -2.03. The van der Waals surface area contributed by atoms with Gasteiger partial charge >= 0.3 is 0 Å². The van der Waals surface area contributed by atoms with E-state index in [0.29, 0.717) is 21.1 Å². The molecule has 0 spiro atoms. The summed E-state index contributed by atoms with van der Waals surface area (Å²) in [4.78, 5) is 0. The Bertz CT molecular complexity index is 455. The summed E-state index contributed by atoms with van der Waals surface area (Å²) in [6.45, 7) is 0. The van der Waals surface area contributed by atoms with E-state index < -0.39 is 0 Å². The number of rotatable bonds is 1. The summed E-state index contributed by atoms with van der Waals surface area (Å²) in [6, 6.07) is 1.71. The van der Waals surface area contributed by atoms with Crippen molar-refractivity contribution in [2.45, 2.75) is 0 Å². The van der Waals surface area contributed by atoms with E-state index in [2.05, 4.69) is 26.1 Å². The number of nitrogens with one attached hydrogen (secondary N) is 1. The van der Waals surface area contributed by atoms with Crippen LogP contribution in [-0.2, 0) is 0 Å². The minimum atomic E-state index is -0.383. The summed E-state index contributed by atoms with van der Waals surface area (Å²) in [6.07, 6.45) is 1.55. The first-order chi connectivity index (χ1) is 6.24. The molecule has 2 aromatic rings. The number of aromatic nitrogens is 2. The van der Waals surface area contributed by atoms with Gasteiger partial charge in [-0.1, -0.05) is 0 Å². The maximum Gasteiger partial charge on any atom is 0.166 e. The van der Waals surface area contributed by atoms with Crippen molar-refractivity contribution in [3.8, 4) is 5.75 Å². The number of H-pyrrole nitrogens is 1. The number of hydrogen-bond donors (Lipinski definition) is 1. The second-order valence-electron chi connectivity index (χ2n) is 2.54. The van der Waals surface area contributed by atoms with Crippen molar-refractivity contribution in [2.24, 2.45) is 0 Å². The highest BCUT2D eigenvalue weighted by Gasteiger charge is 2.12. The molecule has 0 saturated carbocycles.